The van der Waals surface area contributed by atoms with Gasteiger partial charge in [-0.05, 0) is 29.9 Å². The maximum atomic E-state index is 11.3. The zero-order chi connectivity index (χ0) is 13.3. The summed E-state index contributed by atoms with van der Waals surface area (Å²) in [6.45, 7) is 6.74. The van der Waals surface area contributed by atoms with E-state index in [0.29, 0.717) is 6.04 Å². The number of fused-ring (bicyclic) bond motifs is 1. The highest BCUT2D eigenvalue weighted by atomic mass is 32.2. The predicted molar refractivity (Wildman–Crippen MR) is 78.2 cm³/mol. The molecular formula is C15H23NOS. The SMILES string of the molecule is CC(CS(C)=O)NC1c2ccccc2CC1(C)C. The van der Waals surface area contributed by atoms with Gasteiger partial charge in [0.1, 0.15) is 0 Å². The summed E-state index contributed by atoms with van der Waals surface area (Å²) in [6.07, 6.45) is 2.88. The fourth-order valence-electron chi connectivity index (χ4n) is 2.99. The lowest BCUT2D eigenvalue weighted by Crippen LogP contribution is -2.39. The zero-order valence-corrected chi connectivity index (χ0v) is 12.5. The summed E-state index contributed by atoms with van der Waals surface area (Å²) in [5.41, 5.74) is 3.09. The van der Waals surface area contributed by atoms with Gasteiger partial charge in [-0.2, -0.15) is 0 Å². The molecule has 0 bridgehead atoms. The van der Waals surface area contributed by atoms with Crippen molar-refractivity contribution in [2.45, 2.75) is 39.3 Å². The van der Waals surface area contributed by atoms with Crippen molar-refractivity contribution in [3.05, 3.63) is 35.4 Å². The van der Waals surface area contributed by atoms with Gasteiger partial charge in [-0.15, -0.1) is 0 Å². The number of hydrogen-bond acceptors (Lipinski definition) is 2. The fraction of sp³-hybridized carbons (Fsp3) is 0.600. The molecule has 1 aliphatic carbocycles. The van der Waals surface area contributed by atoms with Crippen LogP contribution < -0.4 is 5.32 Å². The van der Waals surface area contributed by atoms with Gasteiger partial charge in [-0.3, -0.25) is 4.21 Å². The Morgan fingerprint density at radius 3 is 2.78 bits per heavy atom. The molecule has 18 heavy (non-hydrogen) atoms. The largest absolute Gasteiger partial charge is 0.306 e. The molecule has 0 fully saturated rings. The molecule has 0 heterocycles. The molecule has 2 rings (SSSR count). The van der Waals surface area contributed by atoms with E-state index in [1.54, 1.807) is 6.26 Å². The van der Waals surface area contributed by atoms with Crippen LogP contribution in [0.15, 0.2) is 24.3 Å². The van der Waals surface area contributed by atoms with Gasteiger partial charge < -0.3 is 5.32 Å². The standard InChI is InChI=1S/C15H23NOS/c1-11(10-18(4)17)16-14-13-8-6-5-7-12(13)9-15(14,2)3/h5-8,11,14,16H,9-10H2,1-4H3. The first-order valence-electron chi connectivity index (χ1n) is 6.54. The first-order chi connectivity index (χ1) is 8.40. The molecule has 0 spiro atoms. The Labute approximate surface area is 113 Å². The highest BCUT2D eigenvalue weighted by Crippen LogP contribution is 2.45. The molecule has 1 aliphatic rings. The normalized spacial score (nSPS) is 24.6. The van der Waals surface area contributed by atoms with Crippen molar-refractivity contribution in [2.75, 3.05) is 12.0 Å². The summed E-state index contributed by atoms with van der Waals surface area (Å²) in [6, 6.07) is 9.32. The Hall–Kier alpha value is -0.670. The van der Waals surface area contributed by atoms with E-state index in [1.807, 2.05) is 0 Å². The van der Waals surface area contributed by atoms with Crippen LogP contribution in [0.5, 0.6) is 0 Å². The average molecular weight is 265 g/mol. The molecule has 0 amide bonds. The second-order valence-corrected chi connectivity index (χ2v) is 7.58. The Morgan fingerprint density at radius 2 is 2.11 bits per heavy atom. The molecule has 0 aromatic heterocycles. The minimum atomic E-state index is -0.741. The molecule has 0 saturated carbocycles. The van der Waals surface area contributed by atoms with Crippen LogP contribution in [0.4, 0.5) is 0 Å². The van der Waals surface area contributed by atoms with E-state index in [4.69, 9.17) is 0 Å². The summed E-state index contributed by atoms with van der Waals surface area (Å²) in [4.78, 5) is 0. The van der Waals surface area contributed by atoms with Crippen LogP contribution in [-0.2, 0) is 17.2 Å². The maximum absolute atomic E-state index is 11.3. The predicted octanol–water partition coefficient (Wildman–Crippen LogP) is 2.67. The van der Waals surface area contributed by atoms with E-state index in [1.165, 1.54) is 11.1 Å². The maximum Gasteiger partial charge on any atom is 0.0383 e. The van der Waals surface area contributed by atoms with Gasteiger partial charge in [0, 0.05) is 34.9 Å². The Morgan fingerprint density at radius 1 is 1.44 bits per heavy atom. The monoisotopic (exact) mass is 265 g/mol. The van der Waals surface area contributed by atoms with E-state index in [2.05, 4.69) is 50.4 Å². The third-order valence-corrected chi connectivity index (χ3v) is 4.70. The molecule has 1 aromatic rings. The van der Waals surface area contributed by atoms with Gasteiger partial charge in [0.2, 0.25) is 0 Å². The van der Waals surface area contributed by atoms with Crippen molar-refractivity contribution < 1.29 is 4.21 Å². The van der Waals surface area contributed by atoms with E-state index < -0.39 is 10.8 Å². The first kappa shape index (κ1) is 13.8. The third kappa shape index (κ3) is 2.83. The molecule has 0 saturated heterocycles. The molecule has 2 nitrogen and oxygen atoms in total. The van der Waals surface area contributed by atoms with Gasteiger partial charge >= 0.3 is 0 Å². The van der Waals surface area contributed by atoms with Crippen molar-refractivity contribution in [3.8, 4) is 0 Å². The lowest BCUT2D eigenvalue weighted by atomic mass is 9.85. The zero-order valence-electron chi connectivity index (χ0n) is 11.7. The Balaban J connectivity index is 2.18. The van der Waals surface area contributed by atoms with Crippen molar-refractivity contribution in [3.63, 3.8) is 0 Å². The summed E-state index contributed by atoms with van der Waals surface area (Å²) < 4.78 is 11.3. The van der Waals surface area contributed by atoms with E-state index in [-0.39, 0.29) is 11.5 Å². The molecule has 0 radical (unpaired) electrons. The first-order valence-corrected chi connectivity index (χ1v) is 8.27. The fourth-order valence-corrected chi connectivity index (χ4v) is 3.79. The highest BCUT2D eigenvalue weighted by molar-refractivity contribution is 7.84. The summed E-state index contributed by atoms with van der Waals surface area (Å²) in [7, 11) is -0.741. The molecular weight excluding hydrogens is 242 g/mol. The molecule has 0 aliphatic heterocycles. The van der Waals surface area contributed by atoms with Crippen LogP contribution in [0.3, 0.4) is 0 Å². The molecule has 1 N–H and O–H groups in total. The van der Waals surface area contributed by atoms with Crippen LogP contribution in [0.2, 0.25) is 0 Å². The van der Waals surface area contributed by atoms with Crippen molar-refractivity contribution in [1.82, 2.24) is 5.32 Å². The Bertz CT molecular complexity index is 456. The van der Waals surface area contributed by atoms with Crippen LogP contribution >= 0.6 is 0 Å². The Kier molecular flexibility index (Phi) is 3.93. The second-order valence-electron chi connectivity index (χ2n) is 6.10. The smallest absolute Gasteiger partial charge is 0.0383 e. The van der Waals surface area contributed by atoms with Crippen LogP contribution in [-0.4, -0.2) is 22.3 Å². The van der Waals surface area contributed by atoms with Crippen LogP contribution in [0.25, 0.3) is 0 Å². The van der Waals surface area contributed by atoms with Gasteiger partial charge in [0.05, 0.1) is 0 Å². The van der Waals surface area contributed by atoms with E-state index in [0.717, 1.165) is 12.2 Å². The summed E-state index contributed by atoms with van der Waals surface area (Å²) in [5, 5.41) is 3.66. The third-order valence-electron chi connectivity index (χ3n) is 3.73. The second kappa shape index (κ2) is 5.14. The number of benzene rings is 1. The van der Waals surface area contributed by atoms with Crippen LogP contribution in [0, 0.1) is 5.41 Å². The lowest BCUT2D eigenvalue weighted by Gasteiger charge is -2.31. The van der Waals surface area contributed by atoms with E-state index >= 15 is 0 Å². The highest BCUT2D eigenvalue weighted by Gasteiger charge is 2.38. The van der Waals surface area contributed by atoms with Crippen molar-refractivity contribution in [2.24, 2.45) is 5.41 Å². The molecule has 3 unspecified atom stereocenters. The average Bonchev–Trinajstić information content (AvgIpc) is 2.49. The van der Waals surface area contributed by atoms with Crippen LogP contribution in [0.1, 0.15) is 37.9 Å². The van der Waals surface area contributed by atoms with E-state index in [9.17, 15) is 4.21 Å². The minimum Gasteiger partial charge on any atom is -0.306 e. The van der Waals surface area contributed by atoms with Crippen molar-refractivity contribution in [1.29, 1.82) is 0 Å². The summed E-state index contributed by atoms with van der Waals surface area (Å²) >= 11 is 0. The molecule has 100 valence electrons. The van der Waals surface area contributed by atoms with Gasteiger partial charge in [0.25, 0.3) is 0 Å². The minimum absolute atomic E-state index is 0.229. The number of hydrogen-bond donors (Lipinski definition) is 1. The molecule has 1 aromatic carbocycles. The molecule has 3 heteroatoms. The number of nitrogens with one attached hydrogen (secondary N) is 1. The number of rotatable bonds is 4. The van der Waals surface area contributed by atoms with Gasteiger partial charge in [-0.1, -0.05) is 38.1 Å². The van der Waals surface area contributed by atoms with Gasteiger partial charge in [0.15, 0.2) is 0 Å². The quantitative estimate of drug-likeness (QED) is 0.907. The molecule has 3 atom stereocenters. The van der Waals surface area contributed by atoms with Crippen molar-refractivity contribution >= 4 is 10.8 Å². The lowest BCUT2D eigenvalue weighted by molar-refractivity contribution is 0.256. The van der Waals surface area contributed by atoms with Gasteiger partial charge in [-0.25, -0.2) is 0 Å². The summed E-state index contributed by atoms with van der Waals surface area (Å²) in [5.74, 6) is 0.717. The topological polar surface area (TPSA) is 29.1 Å².